The maximum Gasteiger partial charge on any atom is 0.225 e. The molecule has 18 heavy (non-hydrogen) atoms. The zero-order chi connectivity index (χ0) is 13.7. The lowest BCUT2D eigenvalue weighted by Crippen LogP contribution is -2.42. The van der Waals surface area contributed by atoms with E-state index in [4.69, 9.17) is 5.73 Å². The Morgan fingerprint density at radius 2 is 2.28 bits per heavy atom. The van der Waals surface area contributed by atoms with Crippen LogP contribution in [-0.4, -0.2) is 67.9 Å². The standard InChI is InChI=1S/C12H24N4O2/c1-9(7-13)14-12(18)10-6-11(17)16(8-10)5-4-15(2)3/h9-10H,4-8,13H2,1-3H3,(H,14,18)/t9-,10?/m0/s1. The zero-order valence-corrected chi connectivity index (χ0v) is 11.5. The maximum atomic E-state index is 11.9. The van der Waals surface area contributed by atoms with Crippen LogP contribution >= 0.6 is 0 Å². The molecular formula is C12H24N4O2. The summed E-state index contributed by atoms with van der Waals surface area (Å²) < 4.78 is 0. The molecule has 0 saturated carbocycles. The summed E-state index contributed by atoms with van der Waals surface area (Å²) >= 11 is 0. The summed E-state index contributed by atoms with van der Waals surface area (Å²) in [6.07, 6.45) is 0.316. The van der Waals surface area contributed by atoms with Gasteiger partial charge in [0.25, 0.3) is 0 Å². The predicted molar refractivity (Wildman–Crippen MR) is 69.9 cm³/mol. The van der Waals surface area contributed by atoms with Crippen molar-refractivity contribution in [3.63, 3.8) is 0 Å². The fourth-order valence-corrected chi connectivity index (χ4v) is 1.90. The lowest BCUT2D eigenvalue weighted by Gasteiger charge is -2.19. The molecule has 6 nitrogen and oxygen atoms in total. The van der Waals surface area contributed by atoms with Gasteiger partial charge in [0.2, 0.25) is 11.8 Å². The Bertz CT molecular complexity index is 306. The van der Waals surface area contributed by atoms with Gasteiger partial charge in [-0.2, -0.15) is 0 Å². The number of rotatable bonds is 6. The van der Waals surface area contributed by atoms with Crippen LogP contribution in [0, 0.1) is 5.92 Å². The van der Waals surface area contributed by atoms with Crippen molar-refractivity contribution in [2.24, 2.45) is 11.7 Å². The minimum absolute atomic E-state index is 0.0385. The van der Waals surface area contributed by atoms with Crippen LogP contribution in [-0.2, 0) is 9.59 Å². The Labute approximate surface area is 108 Å². The van der Waals surface area contributed by atoms with Crippen LogP contribution < -0.4 is 11.1 Å². The average molecular weight is 256 g/mol. The molecule has 2 amide bonds. The lowest BCUT2D eigenvalue weighted by molar-refractivity contribution is -0.129. The first-order valence-corrected chi connectivity index (χ1v) is 6.37. The highest BCUT2D eigenvalue weighted by atomic mass is 16.2. The van der Waals surface area contributed by atoms with Crippen molar-refractivity contribution in [3.05, 3.63) is 0 Å². The molecule has 0 aromatic carbocycles. The molecule has 1 fully saturated rings. The van der Waals surface area contributed by atoms with Crippen LogP contribution in [0.25, 0.3) is 0 Å². The van der Waals surface area contributed by atoms with E-state index < -0.39 is 0 Å². The lowest BCUT2D eigenvalue weighted by atomic mass is 10.1. The molecular weight excluding hydrogens is 232 g/mol. The van der Waals surface area contributed by atoms with Gasteiger partial charge >= 0.3 is 0 Å². The van der Waals surface area contributed by atoms with Gasteiger partial charge in [-0.1, -0.05) is 0 Å². The van der Waals surface area contributed by atoms with Crippen molar-refractivity contribution >= 4 is 11.8 Å². The number of hydrogen-bond acceptors (Lipinski definition) is 4. The summed E-state index contributed by atoms with van der Waals surface area (Å²) in [5, 5.41) is 2.82. The van der Waals surface area contributed by atoms with E-state index in [-0.39, 0.29) is 23.8 Å². The second kappa shape index (κ2) is 6.70. The topological polar surface area (TPSA) is 78.7 Å². The number of nitrogens with one attached hydrogen (secondary N) is 1. The molecule has 104 valence electrons. The smallest absolute Gasteiger partial charge is 0.225 e. The van der Waals surface area contributed by atoms with Crippen LogP contribution in [0.2, 0.25) is 0 Å². The normalized spacial score (nSPS) is 21.5. The van der Waals surface area contributed by atoms with Crippen LogP contribution in [0.3, 0.4) is 0 Å². The Morgan fingerprint density at radius 3 is 2.83 bits per heavy atom. The summed E-state index contributed by atoms with van der Waals surface area (Å²) in [7, 11) is 3.93. The second-order valence-electron chi connectivity index (χ2n) is 5.19. The molecule has 0 aromatic heterocycles. The van der Waals surface area contributed by atoms with Gasteiger partial charge in [0.05, 0.1) is 5.92 Å². The molecule has 1 unspecified atom stereocenters. The van der Waals surface area contributed by atoms with Gasteiger partial charge in [0, 0.05) is 38.6 Å². The summed E-state index contributed by atoms with van der Waals surface area (Å²) in [6, 6.07) is -0.0385. The first kappa shape index (κ1) is 14.9. The molecule has 1 saturated heterocycles. The van der Waals surface area contributed by atoms with E-state index in [1.165, 1.54) is 0 Å². The second-order valence-corrected chi connectivity index (χ2v) is 5.19. The van der Waals surface area contributed by atoms with Gasteiger partial charge in [0.15, 0.2) is 0 Å². The number of carbonyl (C=O) groups is 2. The van der Waals surface area contributed by atoms with Crippen molar-refractivity contribution in [1.82, 2.24) is 15.1 Å². The molecule has 1 aliphatic rings. The van der Waals surface area contributed by atoms with Crippen molar-refractivity contribution in [1.29, 1.82) is 0 Å². The van der Waals surface area contributed by atoms with Gasteiger partial charge in [-0.25, -0.2) is 0 Å². The largest absolute Gasteiger partial charge is 0.352 e. The SMILES string of the molecule is C[C@@H](CN)NC(=O)C1CC(=O)N(CCN(C)C)C1. The number of carbonyl (C=O) groups excluding carboxylic acids is 2. The molecule has 2 atom stereocenters. The Balaban J connectivity index is 2.42. The van der Waals surface area contributed by atoms with Crippen LogP contribution in [0.15, 0.2) is 0 Å². The van der Waals surface area contributed by atoms with E-state index in [0.717, 1.165) is 6.54 Å². The van der Waals surface area contributed by atoms with Gasteiger partial charge in [0.1, 0.15) is 0 Å². The van der Waals surface area contributed by atoms with Crippen molar-refractivity contribution in [3.8, 4) is 0 Å². The predicted octanol–water partition coefficient (Wildman–Crippen LogP) is -1.14. The Kier molecular flexibility index (Phi) is 5.55. The fourth-order valence-electron chi connectivity index (χ4n) is 1.90. The zero-order valence-electron chi connectivity index (χ0n) is 11.5. The molecule has 0 aromatic rings. The van der Waals surface area contributed by atoms with Crippen LogP contribution in [0.4, 0.5) is 0 Å². The van der Waals surface area contributed by atoms with E-state index in [1.807, 2.05) is 25.9 Å². The minimum Gasteiger partial charge on any atom is -0.352 e. The van der Waals surface area contributed by atoms with E-state index in [9.17, 15) is 9.59 Å². The monoisotopic (exact) mass is 256 g/mol. The molecule has 0 bridgehead atoms. The van der Waals surface area contributed by atoms with E-state index >= 15 is 0 Å². The Morgan fingerprint density at radius 1 is 1.61 bits per heavy atom. The molecule has 1 rings (SSSR count). The van der Waals surface area contributed by atoms with Crippen LogP contribution in [0.5, 0.6) is 0 Å². The third kappa shape index (κ3) is 4.27. The molecule has 6 heteroatoms. The average Bonchev–Trinajstić information content (AvgIpc) is 2.68. The van der Waals surface area contributed by atoms with Crippen LogP contribution in [0.1, 0.15) is 13.3 Å². The summed E-state index contributed by atoms with van der Waals surface area (Å²) in [4.78, 5) is 27.4. The third-order valence-electron chi connectivity index (χ3n) is 3.14. The first-order chi connectivity index (χ1) is 8.43. The van der Waals surface area contributed by atoms with Crippen molar-refractivity contribution < 1.29 is 9.59 Å². The Hall–Kier alpha value is -1.14. The number of nitrogens with zero attached hydrogens (tertiary/aromatic N) is 2. The van der Waals surface area contributed by atoms with Gasteiger partial charge in [-0.15, -0.1) is 0 Å². The number of nitrogens with two attached hydrogens (primary N) is 1. The molecule has 1 aliphatic heterocycles. The first-order valence-electron chi connectivity index (χ1n) is 6.37. The highest BCUT2D eigenvalue weighted by molar-refractivity contribution is 5.89. The van der Waals surface area contributed by atoms with Crippen molar-refractivity contribution in [2.45, 2.75) is 19.4 Å². The van der Waals surface area contributed by atoms with Crippen molar-refractivity contribution in [2.75, 3.05) is 40.3 Å². The van der Waals surface area contributed by atoms with Gasteiger partial charge in [-0.3, -0.25) is 9.59 Å². The molecule has 3 N–H and O–H groups in total. The van der Waals surface area contributed by atoms with Gasteiger partial charge in [-0.05, 0) is 21.0 Å². The minimum atomic E-state index is -0.228. The highest BCUT2D eigenvalue weighted by Crippen LogP contribution is 2.17. The van der Waals surface area contributed by atoms with E-state index in [0.29, 0.717) is 26.1 Å². The number of amides is 2. The molecule has 0 spiro atoms. The van der Waals surface area contributed by atoms with E-state index in [1.54, 1.807) is 4.90 Å². The summed E-state index contributed by atoms with van der Waals surface area (Å²) in [5.41, 5.74) is 5.46. The summed E-state index contributed by atoms with van der Waals surface area (Å²) in [6.45, 7) is 4.30. The summed E-state index contributed by atoms with van der Waals surface area (Å²) in [5.74, 6) is -0.222. The molecule has 0 aliphatic carbocycles. The maximum absolute atomic E-state index is 11.9. The number of likely N-dealkylation sites (tertiary alicyclic amines) is 1. The third-order valence-corrected chi connectivity index (χ3v) is 3.14. The highest BCUT2D eigenvalue weighted by Gasteiger charge is 2.34. The number of hydrogen-bond donors (Lipinski definition) is 2. The molecule has 0 radical (unpaired) electrons. The molecule has 1 heterocycles. The number of likely N-dealkylation sites (N-methyl/N-ethyl adjacent to an activating group) is 1. The fraction of sp³-hybridized carbons (Fsp3) is 0.833. The van der Waals surface area contributed by atoms with Gasteiger partial charge < -0.3 is 20.9 Å². The van der Waals surface area contributed by atoms with E-state index in [2.05, 4.69) is 5.32 Å². The quantitative estimate of drug-likeness (QED) is 0.630.